The van der Waals surface area contributed by atoms with Crippen molar-refractivity contribution in [2.24, 2.45) is 4.99 Å². The summed E-state index contributed by atoms with van der Waals surface area (Å²) >= 11 is 0. The Morgan fingerprint density at radius 3 is 1.29 bits per heavy atom. The van der Waals surface area contributed by atoms with Gasteiger partial charge in [0.1, 0.15) is 12.2 Å². The predicted octanol–water partition coefficient (Wildman–Crippen LogP) is 13.4. The summed E-state index contributed by atoms with van der Waals surface area (Å²) in [5, 5.41) is 0. The van der Waals surface area contributed by atoms with Gasteiger partial charge in [-0.2, -0.15) is 0 Å². The molecule has 0 saturated carbocycles. The average molecular weight is 856 g/mol. The van der Waals surface area contributed by atoms with E-state index in [4.69, 9.17) is 9.47 Å². The Morgan fingerprint density at radius 1 is 0.508 bits per heavy atom. The number of hydrogen-bond acceptors (Lipinski definition) is 8. The SMILES string of the molecule is CCCCCCCCC(CC)OC(=O)CCCCCCCN(CCCCCCCC(=O)OC(CCCCCCCC)CCCCCCCC)CCCN=CNS(C)(=O)=O. The van der Waals surface area contributed by atoms with Crippen LogP contribution in [-0.4, -0.2) is 76.2 Å². The number of hydrogen-bond donors (Lipinski definition) is 1. The van der Waals surface area contributed by atoms with Crippen LogP contribution >= 0.6 is 0 Å². The Bertz CT molecular complexity index is 1060. The molecular formula is C49H97N3O6S. The Morgan fingerprint density at radius 2 is 0.864 bits per heavy atom. The standard InChI is InChI=1S/C49H97N3O6S/c1-6-10-13-16-21-28-36-46(9-4)57-48(53)39-31-24-19-26-33-42-52(44-35-41-50-45-51-59(5,55)56)43-34-27-20-25-32-40-49(54)58-47(37-29-22-17-14-11-7-2)38-30-23-18-15-12-8-3/h45-47H,6-44H2,1-5H3,(H,50,51). The van der Waals surface area contributed by atoms with Gasteiger partial charge in [0.15, 0.2) is 0 Å². The van der Waals surface area contributed by atoms with Gasteiger partial charge >= 0.3 is 11.9 Å². The number of aliphatic imine (C=N–C) groups is 1. The second-order valence-electron chi connectivity index (χ2n) is 17.5. The molecule has 0 aromatic rings. The Labute approximate surface area is 366 Å². The van der Waals surface area contributed by atoms with Crippen LogP contribution in [0.4, 0.5) is 0 Å². The van der Waals surface area contributed by atoms with Gasteiger partial charge < -0.3 is 14.4 Å². The van der Waals surface area contributed by atoms with Gasteiger partial charge in [-0.05, 0) is 96.7 Å². The van der Waals surface area contributed by atoms with E-state index in [9.17, 15) is 18.0 Å². The highest BCUT2D eigenvalue weighted by Gasteiger charge is 2.15. The third kappa shape index (κ3) is 42.8. The predicted molar refractivity (Wildman–Crippen MR) is 252 cm³/mol. The molecule has 0 aromatic heterocycles. The summed E-state index contributed by atoms with van der Waals surface area (Å²) in [6, 6.07) is 0. The van der Waals surface area contributed by atoms with Gasteiger partial charge in [-0.15, -0.1) is 0 Å². The maximum Gasteiger partial charge on any atom is 0.306 e. The molecule has 0 rings (SSSR count). The molecule has 0 aliphatic carbocycles. The largest absolute Gasteiger partial charge is 0.462 e. The van der Waals surface area contributed by atoms with Gasteiger partial charge in [0.2, 0.25) is 10.0 Å². The molecule has 1 atom stereocenters. The second kappa shape index (κ2) is 43.0. The van der Waals surface area contributed by atoms with Crippen molar-refractivity contribution in [1.82, 2.24) is 9.62 Å². The number of sulfonamides is 1. The van der Waals surface area contributed by atoms with Crippen molar-refractivity contribution < 1.29 is 27.5 Å². The van der Waals surface area contributed by atoms with E-state index in [1.807, 2.05) is 0 Å². The monoisotopic (exact) mass is 856 g/mol. The van der Waals surface area contributed by atoms with E-state index in [-0.39, 0.29) is 24.1 Å². The third-order valence-electron chi connectivity index (χ3n) is 11.5. The van der Waals surface area contributed by atoms with E-state index in [1.165, 1.54) is 115 Å². The van der Waals surface area contributed by atoms with Gasteiger partial charge in [0.25, 0.3) is 0 Å². The quantitative estimate of drug-likeness (QED) is 0.0281. The first-order chi connectivity index (χ1) is 28.6. The van der Waals surface area contributed by atoms with Crippen LogP contribution in [-0.2, 0) is 29.1 Å². The minimum atomic E-state index is -3.28. The molecule has 59 heavy (non-hydrogen) atoms. The first-order valence-corrected chi connectivity index (χ1v) is 27.1. The molecule has 0 radical (unpaired) electrons. The minimum absolute atomic E-state index is 0.00333. The molecule has 9 nitrogen and oxygen atoms in total. The molecule has 0 heterocycles. The maximum atomic E-state index is 12.8. The van der Waals surface area contributed by atoms with Crippen LogP contribution in [0.25, 0.3) is 0 Å². The lowest BCUT2D eigenvalue weighted by atomic mass is 10.0. The second-order valence-corrected chi connectivity index (χ2v) is 19.2. The number of esters is 2. The summed E-state index contributed by atoms with van der Waals surface area (Å²) in [5.41, 5.74) is 0. The average Bonchev–Trinajstić information content (AvgIpc) is 3.20. The fraction of sp³-hybridized carbons (Fsp3) is 0.939. The van der Waals surface area contributed by atoms with Crippen molar-refractivity contribution in [3.8, 4) is 0 Å². The minimum Gasteiger partial charge on any atom is -0.462 e. The molecule has 0 saturated heterocycles. The number of carbonyl (C=O) groups excluding carboxylic acids is 2. The van der Waals surface area contributed by atoms with Gasteiger partial charge in [-0.3, -0.25) is 19.3 Å². The molecule has 1 unspecified atom stereocenters. The molecular weight excluding hydrogens is 759 g/mol. The Hall–Kier alpha value is -1.68. The molecule has 10 heteroatoms. The number of carbonyl (C=O) groups is 2. The fourth-order valence-corrected chi connectivity index (χ4v) is 8.01. The van der Waals surface area contributed by atoms with Crippen molar-refractivity contribution in [2.75, 3.05) is 32.4 Å². The lowest BCUT2D eigenvalue weighted by Crippen LogP contribution is -2.28. The van der Waals surface area contributed by atoms with Crippen molar-refractivity contribution >= 4 is 28.3 Å². The smallest absolute Gasteiger partial charge is 0.306 e. The van der Waals surface area contributed by atoms with Crippen molar-refractivity contribution in [3.63, 3.8) is 0 Å². The van der Waals surface area contributed by atoms with Crippen LogP contribution in [0, 0.1) is 0 Å². The highest BCUT2D eigenvalue weighted by atomic mass is 32.2. The highest BCUT2D eigenvalue weighted by molar-refractivity contribution is 7.89. The zero-order valence-corrected chi connectivity index (χ0v) is 40.4. The first-order valence-electron chi connectivity index (χ1n) is 25.2. The zero-order valence-electron chi connectivity index (χ0n) is 39.6. The van der Waals surface area contributed by atoms with E-state index in [0.717, 1.165) is 129 Å². The van der Waals surface area contributed by atoms with Crippen molar-refractivity contribution in [1.29, 1.82) is 0 Å². The molecule has 0 aliphatic heterocycles. The molecule has 0 spiro atoms. The van der Waals surface area contributed by atoms with E-state index in [0.29, 0.717) is 19.4 Å². The van der Waals surface area contributed by atoms with Gasteiger partial charge in [-0.1, -0.05) is 163 Å². The van der Waals surface area contributed by atoms with E-state index in [2.05, 4.69) is 42.3 Å². The van der Waals surface area contributed by atoms with E-state index >= 15 is 0 Å². The summed E-state index contributed by atoms with van der Waals surface area (Å²) in [6.07, 6.45) is 41.9. The first kappa shape index (κ1) is 57.3. The summed E-state index contributed by atoms with van der Waals surface area (Å²) < 4.78 is 36.8. The number of ether oxygens (including phenoxy) is 2. The number of nitrogens with one attached hydrogen (secondary N) is 1. The molecule has 1 N–H and O–H groups in total. The Balaban J connectivity index is 4.51. The maximum absolute atomic E-state index is 12.8. The molecule has 0 aliphatic rings. The normalized spacial score (nSPS) is 12.5. The van der Waals surface area contributed by atoms with Crippen molar-refractivity contribution in [2.45, 2.75) is 265 Å². The van der Waals surface area contributed by atoms with Gasteiger partial charge in [-0.25, -0.2) is 8.42 Å². The fourth-order valence-electron chi connectivity index (χ4n) is 7.74. The number of nitrogens with zero attached hydrogens (tertiary/aromatic N) is 2. The third-order valence-corrected chi connectivity index (χ3v) is 12.1. The number of rotatable bonds is 46. The molecule has 0 fully saturated rings. The highest BCUT2D eigenvalue weighted by Crippen LogP contribution is 2.19. The summed E-state index contributed by atoms with van der Waals surface area (Å²) in [4.78, 5) is 32.0. The van der Waals surface area contributed by atoms with Crippen LogP contribution in [0.3, 0.4) is 0 Å². The Kier molecular flexibility index (Phi) is 41.8. The summed E-state index contributed by atoms with van der Waals surface area (Å²) in [6.45, 7) is 12.5. The lowest BCUT2D eigenvalue weighted by molar-refractivity contribution is -0.150. The number of unbranched alkanes of at least 4 members (excludes halogenated alkanes) is 23. The van der Waals surface area contributed by atoms with Gasteiger partial charge in [0, 0.05) is 19.4 Å². The summed E-state index contributed by atoms with van der Waals surface area (Å²) in [7, 11) is -3.28. The van der Waals surface area contributed by atoms with Crippen LogP contribution in [0.5, 0.6) is 0 Å². The van der Waals surface area contributed by atoms with Crippen molar-refractivity contribution in [3.05, 3.63) is 0 Å². The van der Waals surface area contributed by atoms with Gasteiger partial charge in [0.05, 0.1) is 12.6 Å². The molecule has 350 valence electrons. The summed E-state index contributed by atoms with van der Waals surface area (Å²) in [5.74, 6) is -0.0361. The molecule has 0 bridgehead atoms. The van der Waals surface area contributed by atoms with Crippen LogP contribution in [0.2, 0.25) is 0 Å². The lowest BCUT2D eigenvalue weighted by Gasteiger charge is -2.22. The van der Waals surface area contributed by atoms with E-state index < -0.39 is 10.0 Å². The zero-order chi connectivity index (χ0) is 43.5. The molecule has 0 amide bonds. The van der Waals surface area contributed by atoms with Crippen LogP contribution in [0.15, 0.2) is 4.99 Å². The van der Waals surface area contributed by atoms with Crippen LogP contribution in [0.1, 0.15) is 252 Å². The van der Waals surface area contributed by atoms with Crippen LogP contribution < -0.4 is 4.72 Å². The topological polar surface area (TPSA) is 114 Å². The van der Waals surface area contributed by atoms with E-state index in [1.54, 1.807) is 0 Å². The molecule has 0 aromatic carbocycles.